The molecule has 0 aromatic carbocycles. The standard InChI is InChI=1S/C12H27N/c1-5-8-11(7-3)12(9-6-2)10-13-4/h11-13H,5-10H2,1-4H3. The van der Waals surface area contributed by atoms with Gasteiger partial charge in [0.1, 0.15) is 0 Å². The molecule has 2 atom stereocenters. The third-order valence-electron chi connectivity index (χ3n) is 2.98. The first kappa shape index (κ1) is 13.0. The van der Waals surface area contributed by atoms with E-state index in [9.17, 15) is 0 Å². The molecule has 0 aliphatic rings. The van der Waals surface area contributed by atoms with E-state index in [-0.39, 0.29) is 0 Å². The zero-order chi connectivity index (χ0) is 10.1. The molecular formula is C12H27N. The summed E-state index contributed by atoms with van der Waals surface area (Å²) < 4.78 is 0. The number of hydrogen-bond acceptors (Lipinski definition) is 1. The van der Waals surface area contributed by atoms with E-state index in [1.54, 1.807) is 0 Å². The van der Waals surface area contributed by atoms with Gasteiger partial charge in [0.25, 0.3) is 0 Å². The van der Waals surface area contributed by atoms with Gasteiger partial charge in [0.05, 0.1) is 0 Å². The van der Waals surface area contributed by atoms with Crippen LogP contribution in [0.3, 0.4) is 0 Å². The fourth-order valence-corrected chi connectivity index (χ4v) is 2.28. The summed E-state index contributed by atoms with van der Waals surface area (Å²) in [6, 6.07) is 0. The summed E-state index contributed by atoms with van der Waals surface area (Å²) in [5.74, 6) is 1.84. The van der Waals surface area contributed by atoms with E-state index in [1.165, 1.54) is 38.6 Å². The van der Waals surface area contributed by atoms with E-state index in [2.05, 4.69) is 33.1 Å². The van der Waals surface area contributed by atoms with Crippen LogP contribution in [0.4, 0.5) is 0 Å². The van der Waals surface area contributed by atoms with E-state index >= 15 is 0 Å². The van der Waals surface area contributed by atoms with Crippen LogP contribution in [0.25, 0.3) is 0 Å². The van der Waals surface area contributed by atoms with E-state index in [4.69, 9.17) is 0 Å². The average Bonchev–Trinajstić information content (AvgIpc) is 2.14. The molecule has 0 saturated heterocycles. The molecular weight excluding hydrogens is 158 g/mol. The van der Waals surface area contributed by atoms with Crippen LogP contribution in [0, 0.1) is 11.8 Å². The molecule has 0 aromatic heterocycles. The minimum atomic E-state index is 0.903. The van der Waals surface area contributed by atoms with Crippen LogP contribution in [0.1, 0.15) is 52.9 Å². The van der Waals surface area contributed by atoms with Crippen LogP contribution in [0.2, 0.25) is 0 Å². The van der Waals surface area contributed by atoms with Crippen molar-refractivity contribution in [2.45, 2.75) is 52.9 Å². The van der Waals surface area contributed by atoms with E-state index in [0.29, 0.717) is 0 Å². The quantitative estimate of drug-likeness (QED) is 0.611. The lowest BCUT2D eigenvalue weighted by Crippen LogP contribution is -2.25. The Morgan fingerprint density at radius 1 is 0.923 bits per heavy atom. The maximum Gasteiger partial charge on any atom is -0.00209 e. The van der Waals surface area contributed by atoms with Crippen molar-refractivity contribution in [3.63, 3.8) is 0 Å². The first-order valence-electron chi connectivity index (χ1n) is 5.94. The van der Waals surface area contributed by atoms with E-state index in [1.807, 2.05) is 0 Å². The molecule has 0 aliphatic heterocycles. The van der Waals surface area contributed by atoms with Gasteiger partial charge >= 0.3 is 0 Å². The molecule has 80 valence electrons. The van der Waals surface area contributed by atoms with Gasteiger partial charge in [-0.3, -0.25) is 0 Å². The molecule has 2 unspecified atom stereocenters. The van der Waals surface area contributed by atoms with Gasteiger partial charge in [-0.2, -0.15) is 0 Å². The molecule has 0 radical (unpaired) electrons. The van der Waals surface area contributed by atoms with Gasteiger partial charge < -0.3 is 5.32 Å². The van der Waals surface area contributed by atoms with Gasteiger partial charge in [-0.1, -0.05) is 46.5 Å². The number of rotatable bonds is 8. The van der Waals surface area contributed by atoms with Crippen molar-refractivity contribution in [2.75, 3.05) is 13.6 Å². The second-order valence-corrected chi connectivity index (χ2v) is 4.06. The van der Waals surface area contributed by atoms with Crippen molar-refractivity contribution in [2.24, 2.45) is 11.8 Å². The molecule has 0 bridgehead atoms. The summed E-state index contributed by atoms with van der Waals surface area (Å²) >= 11 is 0. The van der Waals surface area contributed by atoms with Gasteiger partial charge in [-0.05, 0) is 31.8 Å². The normalized spacial score (nSPS) is 15.7. The molecule has 0 aromatic rings. The minimum Gasteiger partial charge on any atom is -0.319 e. The Balaban J connectivity index is 3.94. The second kappa shape index (κ2) is 8.55. The fourth-order valence-electron chi connectivity index (χ4n) is 2.28. The topological polar surface area (TPSA) is 12.0 Å². The van der Waals surface area contributed by atoms with Gasteiger partial charge in [0, 0.05) is 0 Å². The van der Waals surface area contributed by atoms with Crippen molar-refractivity contribution >= 4 is 0 Å². The molecule has 13 heavy (non-hydrogen) atoms. The second-order valence-electron chi connectivity index (χ2n) is 4.06. The SMILES string of the molecule is CCCC(CC)C(CCC)CNC. The van der Waals surface area contributed by atoms with Crippen molar-refractivity contribution in [3.8, 4) is 0 Å². The maximum absolute atomic E-state index is 3.33. The Kier molecular flexibility index (Phi) is 8.53. The molecule has 0 spiro atoms. The Morgan fingerprint density at radius 2 is 1.46 bits per heavy atom. The highest BCUT2D eigenvalue weighted by molar-refractivity contribution is 4.70. The predicted octanol–water partition coefficient (Wildman–Crippen LogP) is 3.45. The van der Waals surface area contributed by atoms with Crippen LogP contribution < -0.4 is 5.32 Å². The molecule has 1 N–H and O–H groups in total. The van der Waals surface area contributed by atoms with Gasteiger partial charge in [0.15, 0.2) is 0 Å². The molecule has 0 aliphatic carbocycles. The highest BCUT2D eigenvalue weighted by atomic mass is 14.8. The molecule has 0 heterocycles. The van der Waals surface area contributed by atoms with Gasteiger partial charge in [-0.25, -0.2) is 0 Å². The first-order chi connectivity index (χ1) is 6.29. The van der Waals surface area contributed by atoms with Crippen LogP contribution in [0.15, 0.2) is 0 Å². The lowest BCUT2D eigenvalue weighted by Gasteiger charge is -2.25. The monoisotopic (exact) mass is 185 g/mol. The summed E-state index contributed by atoms with van der Waals surface area (Å²) in [5, 5.41) is 3.33. The van der Waals surface area contributed by atoms with Crippen LogP contribution >= 0.6 is 0 Å². The maximum atomic E-state index is 3.33. The summed E-state index contributed by atoms with van der Waals surface area (Å²) in [6.45, 7) is 8.12. The molecule has 1 heteroatoms. The summed E-state index contributed by atoms with van der Waals surface area (Å²) in [7, 11) is 2.07. The summed E-state index contributed by atoms with van der Waals surface area (Å²) in [6.07, 6.45) is 6.80. The zero-order valence-electron chi connectivity index (χ0n) is 9.90. The minimum absolute atomic E-state index is 0.903. The summed E-state index contributed by atoms with van der Waals surface area (Å²) in [4.78, 5) is 0. The Hall–Kier alpha value is -0.0400. The lowest BCUT2D eigenvalue weighted by atomic mass is 9.83. The van der Waals surface area contributed by atoms with Gasteiger partial charge in [0.2, 0.25) is 0 Å². The van der Waals surface area contributed by atoms with Gasteiger partial charge in [-0.15, -0.1) is 0 Å². The number of nitrogens with one attached hydrogen (secondary N) is 1. The smallest absolute Gasteiger partial charge is 0.00209 e. The van der Waals surface area contributed by atoms with Crippen molar-refractivity contribution in [1.29, 1.82) is 0 Å². The lowest BCUT2D eigenvalue weighted by molar-refractivity contribution is 0.276. The highest BCUT2D eigenvalue weighted by Crippen LogP contribution is 2.24. The largest absolute Gasteiger partial charge is 0.319 e. The first-order valence-corrected chi connectivity index (χ1v) is 5.94. The molecule has 1 nitrogen and oxygen atoms in total. The predicted molar refractivity (Wildman–Crippen MR) is 61.0 cm³/mol. The molecule has 0 fully saturated rings. The van der Waals surface area contributed by atoms with E-state index < -0.39 is 0 Å². The Labute approximate surface area is 84.3 Å². The van der Waals surface area contributed by atoms with E-state index in [0.717, 1.165) is 11.8 Å². The van der Waals surface area contributed by atoms with Crippen molar-refractivity contribution in [3.05, 3.63) is 0 Å². The molecule has 0 amide bonds. The highest BCUT2D eigenvalue weighted by Gasteiger charge is 2.17. The number of hydrogen-bond donors (Lipinski definition) is 1. The average molecular weight is 185 g/mol. The van der Waals surface area contributed by atoms with Crippen molar-refractivity contribution < 1.29 is 0 Å². The van der Waals surface area contributed by atoms with Crippen molar-refractivity contribution in [1.82, 2.24) is 5.32 Å². The Morgan fingerprint density at radius 3 is 1.85 bits per heavy atom. The third kappa shape index (κ3) is 5.30. The van der Waals surface area contributed by atoms with Crippen LogP contribution in [-0.4, -0.2) is 13.6 Å². The summed E-state index contributed by atoms with van der Waals surface area (Å²) in [5.41, 5.74) is 0. The fraction of sp³-hybridized carbons (Fsp3) is 1.00. The third-order valence-corrected chi connectivity index (χ3v) is 2.98. The van der Waals surface area contributed by atoms with Crippen LogP contribution in [-0.2, 0) is 0 Å². The molecule has 0 saturated carbocycles. The Bertz CT molecular complexity index is 95.3. The zero-order valence-corrected chi connectivity index (χ0v) is 9.90. The van der Waals surface area contributed by atoms with Crippen LogP contribution in [0.5, 0.6) is 0 Å². The molecule has 0 rings (SSSR count).